The van der Waals surface area contributed by atoms with Crippen LogP contribution < -0.4 is 10.6 Å². The lowest BCUT2D eigenvalue weighted by Gasteiger charge is -2.18. The summed E-state index contributed by atoms with van der Waals surface area (Å²) in [5.74, 6) is 0. The first kappa shape index (κ1) is 12.2. The van der Waals surface area contributed by atoms with E-state index in [0.717, 1.165) is 5.56 Å². The van der Waals surface area contributed by atoms with Crippen LogP contribution in [0.25, 0.3) is 0 Å². The summed E-state index contributed by atoms with van der Waals surface area (Å²) in [4.78, 5) is 22.6. The Hall–Kier alpha value is -2.24. The van der Waals surface area contributed by atoms with Crippen LogP contribution in [0.1, 0.15) is 18.6 Å². The van der Waals surface area contributed by atoms with Crippen LogP contribution in [-0.4, -0.2) is 25.0 Å². The molecule has 0 saturated carbocycles. The predicted octanol–water partition coefficient (Wildman–Crippen LogP) is 1.54. The van der Waals surface area contributed by atoms with Crippen LogP contribution in [0, 0.1) is 0 Å². The van der Waals surface area contributed by atoms with E-state index in [2.05, 4.69) is 10.6 Å². The van der Waals surface area contributed by atoms with Crippen molar-refractivity contribution in [2.24, 2.45) is 0 Å². The Labute approximate surface area is 104 Å². The molecule has 1 aromatic rings. The van der Waals surface area contributed by atoms with Gasteiger partial charge >= 0.3 is 12.2 Å². The topological polar surface area (TPSA) is 76.7 Å². The first-order valence-corrected chi connectivity index (χ1v) is 5.66. The van der Waals surface area contributed by atoms with Crippen LogP contribution in [0.5, 0.6) is 0 Å². The third kappa shape index (κ3) is 2.71. The van der Waals surface area contributed by atoms with Crippen molar-refractivity contribution in [3.63, 3.8) is 0 Å². The lowest BCUT2D eigenvalue weighted by Crippen LogP contribution is -2.45. The molecule has 1 heterocycles. The SMILES string of the molecule is CCOC(=O)NC1NC(=O)OC1c1ccccc1. The van der Waals surface area contributed by atoms with Gasteiger partial charge in [0.15, 0.2) is 6.10 Å². The Balaban J connectivity index is 2.08. The van der Waals surface area contributed by atoms with Crippen LogP contribution in [0.2, 0.25) is 0 Å². The molecule has 2 amide bonds. The maximum Gasteiger partial charge on any atom is 0.409 e. The van der Waals surface area contributed by atoms with Gasteiger partial charge in [-0.1, -0.05) is 30.3 Å². The maximum atomic E-state index is 11.3. The van der Waals surface area contributed by atoms with E-state index in [0.29, 0.717) is 0 Å². The van der Waals surface area contributed by atoms with E-state index in [1.807, 2.05) is 30.3 Å². The summed E-state index contributed by atoms with van der Waals surface area (Å²) < 4.78 is 9.89. The van der Waals surface area contributed by atoms with Crippen LogP contribution >= 0.6 is 0 Å². The van der Waals surface area contributed by atoms with Crippen molar-refractivity contribution in [3.8, 4) is 0 Å². The number of benzene rings is 1. The highest BCUT2D eigenvalue weighted by Gasteiger charge is 2.36. The Morgan fingerprint density at radius 1 is 1.44 bits per heavy atom. The summed E-state index contributed by atoms with van der Waals surface area (Å²) in [6.45, 7) is 1.97. The smallest absolute Gasteiger partial charge is 0.409 e. The zero-order valence-electron chi connectivity index (χ0n) is 9.88. The molecule has 2 unspecified atom stereocenters. The van der Waals surface area contributed by atoms with Gasteiger partial charge in [-0.15, -0.1) is 0 Å². The van der Waals surface area contributed by atoms with Gasteiger partial charge in [0.25, 0.3) is 0 Å². The van der Waals surface area contributed by atoms with Crippen molar-refractivity contribution in [2.75, 3.05) is 6.61 Å². The molecule has 2 atom stereocenters. The van der Waals surface area contributed by atoms with Crippen LogP contribution in [0.4, 0.5) is 9.59 Å². The van der Waals surface area contributed by atoms with Gasteiger partial charge in [0.05, 0.1) is 6.61 Å². The van der Waals surface area contributed by atoms with Gasteiger partial charge in [0.2, 0.25) is 0 Å². The van der Waals surface area contributed by atoms with E-state index < -0.39 is 24.5 Å². The molecule has 0 radical (unpaired) electrons. The van der Waals surface area contributed by atoms with Gasteiger partial charge in [-0.2, -0.15) is 0 Å². The third-order valence-electron chi connectivity index (χ3n) is 2.49. The van der Waals surface area contributed by atoms with Crippen molar-refractivity contribution in [2.45, 2.75) is 19.2 Å². The fraction of sp³-hybridized carbons (Fsp3) is 0.333. The number of ether oxygens (including phenoxy) is 2. The molecule has 18 heavy (non-hydrogen) atoms. The highest BCUT2D eigenvalue weighted by molar-refractivity contribution is 5.73. The zero-order valence-corrected chi connectivity index (χ0v) is 9.88. The Morgan fingerprint density at radius 2 is 2.17 bits per heavy atom. The van der Waals surface area contributed by atoms with Crippen molar-refractivity contribution in [1.29, 1.82) is 0 Å². The molecule has 1 saturated heterocycles. The molecule has 0 aliphatic carbocycles. The third-order valence-corrected chi connectivity index (χ3v) is 2.49. The highest BCUT2D eigenvalue weighted by atomic mass is 16.6. The van der Waals surface area contributed by atoms with Gasteiger partial charge in [0.1, 0.15) is 6.17 Å². The first-order valence-electron chi connectivity index (χ1n) is 5.66. The second-order valence-electron chi connectivity index (χ2n) is 3.72. The molecule has 96 valence electrons. The Bertz CT molecular complexity index is 435. The predicted molar refractivity (Wildman–Crippen MR) is 62.7 cm³/mol. The van der Waals surface area contributed by atoms with Crippen molar-refractivity contribution >= 4 is 12.2 Å². The molecule has 1 aliphatic rings. The average molecular weight is 250 g/mol. The van der Waals surface area contributed by atoms with Crippen molar-refractivity contribution in [3.05, 3.63) is 35.9 Å². The Kier molecular flexibility index (Phi) is 3.66. The number of cyclic esters (lactones) is 1. The molecular weight excluding hydrogens is 236 g/mol. The van der Waals surface area contributed by atoms with Crippen molar-refractivity contribution in [1.82, 2.24) is 10.6 Å². The summed E-state index contributed by atoms with van der Waals surface area (Å²) in [6.07, 6.45) is -2.33. The number of alkyl carbamates (subject to hydrolysis) is 2. The van der Waals surface area contributed by atoms with Crippen LogP contribution in [-0.2, 0) is 9.47 Å². The quantitative estimate of drug-likeness (QED) is 0.853. The molecule has 6 nitrogen and oxygen atoms in total. The minimum absolute atomic E-state index is 0.267. The standard InChI is InChI=1S/C12H14N2O4/c1-2-17-11(15)13-10-9(18-12(16)14-10)8-6-4-3-5-7-8/h3-7,9-10H,2H2,1H3,(H,13,15)(H,14,16). The van der Waals surface area contributed by atoms with Crippen LogP contribution in [0.15, 0.2) is 30.3 Å². The summed E-state index contributed by atoms with van der Waals surface area (Å²) in [5, 5.41) is 5.06. The minimum Gasteiger partial charge on any atom is -0.450 e. The molecule has 0 spiro atoms. The summed E-state index contributed by atoms with van der Waals surface area (Å²) in [5.41, 5.74) is 0.803. The van der Waals surface area contributed by atoms with Gasteiger partial charge in [-0.3, -0.25) is 10.6 Å². The molecule has 1 aliphatic heterocycles. The fourth-order valence-corrected chi connectivity index (χ4v) is 1.73. The second kappa shape index (κ2) is 5.39. The van der Waals surface area contributed by atoms with Crippen LogP contribution in [0.3, 0.4) is 0 Å². The normalized spacial score (nSPS) is 21.9. The molecule has 1 aromatic carbocycles. The van der Waals surface area contributed by atoms with Gasteiger partial charge in [0, 0.05) is 0 Å². The summed E-state index contributed by atoms with van der Waals surface area (Å²) in [7, 11) is 0. The first-order chi connectivity index (χ1) is 8.70. The van der Waals surface area contributed by atoms with E-state index in [-0.39, 0.29) is 6.61 Å². The Morgan fingerprint density at radius 3 is 2.83 bits per heavy atom. The van der Waals surface area contributed by atoms with E-state index in [1.54, 1.807) is 6.92 Å². The monoisotopic (exact) mass is 250 g/mol. The number of amides is 2. The molecule has 0 bridgehead atoms. The number of nitrogens with one attached hydrogen (secondary N) is 2. The number of carbonyl (C=O) groups excluding carboxylic acids is 2. The van der Waals surface area contributed by atoms with Crippen molar-refractivity contribution < 1.29 is 19.1 Å². The number of rotatable bonds is 3. The molecule has 2 N–H and O–H groups in total. The lowest BCUT2D eigenvalue weighted by molar-refractivity contribution is 0.116. The highest BCUT2D eigenvalue weighted by Crippen LogP contribution is 2.24. The average Bonchev–Trinajstić information content (AvgIpc) is 2.71. The number of hydrogen-bond acceptors (Lipinski definition) is 4. The lowest BCUT2D eigenvalue weighted by atomic mass is 10.1. The number of hydrogen-bond donors (Lipinski definition) is 2. The van der Waals surface area contributed by atoms with E-state index in [9.17, 15) is 9.59 Å². The second-order valence-corrected chi connectivity index (χ2v) is 3.72. The van der Waals surface area contributed by atoms with E-state index >= 15 is 0 Å². The fourth-order valence-electron chi connectivity index (χ4n) is 1.73. The molecule has 2 rings (SSSR count). The zero-order chi connectivity index (χ0) is 13.0. The van der Waals surface area contributed by atoms with E-state index in [1.165, 1.54) is 0 Å². The number of carbonyl (C=O) groups is 2. The van der Waals surface area contributed by atoms with Gasteiger partial charge < -0.3 is 9.47 Å². The molecular formula is C12H14N2O4. The summed E-state index contributed by atoms with van der Waals surface area (Å²) >= 11 is 0. The van der Waals surface area contributed by atoms with Gasteiger partial charge in [-0.25, -0.2) is 9.59 Å². The van der Waals surface area contributed by atoms with Gasteiger partial charge in [-0.05, 0) is 12.5 Å². The molecule has 1 fully saturated rings. The molecule has 6 heteroatoms. The summed E-state index contributed by atoms with van der Waals surface area (Å²) in [6, 6.07) is 9.18. The minimum atomic E-state index is -0.626. The maximum absolute atomic E-state index is 11.3. The van der Waals surface area contributed by atoms with E-state index in [4.69, 9.17) is 9.47 Å². The molecule has 0 aromatic heterocycles. The largest absolute Gasteiger partial charge is 0.450 e.